The molecule has 0 bridgehead atoms. The molecule has 4 heteroatoms. The normalized spacial score (nSPS) is 16.4. The molecule has 1 aromatic carbocycles. The highest BCUT2D eigenvalue weighted by Crippen LogP contribution is 2.42. The van der Waals surface area contributed by atoms with Crippen LogP contribution in [0.2, 0.25) is 0 Å². The summed E-state index contributed by atoms with van der Waals surface area (Å²) in [5.74, 6) is 0.987. The van der Waals surface area contributed by atoms with Crippen molar-refractivity contribution in [2.24, 2.45) is 5.73 Å². The molecule has 1 aliphatic heterocycles. The number of benzene rings is 1. The third kappa shape index (κ3) is 1.91. The molecule has 2 N–H and O–H groups in total. The molecule has 94 valence electrons. The number of nitrogens with two attached hydrogens (primary N) is 1. The van der Waals surface area contributed by atoms with Crippen molar-refractivity contribution in [2.75, 3.05) is 0 Å². The number of hydrogen-bond acceptors (Lipinski definition) is 4. The average molecular weight is 260 g/mol. The van der Waals surface area contributed by atoms with Crippen molar-refractivity contribution in [3.8, 4) is 16.3 Å². The number of rotatable bonds is 2. The Morgan fingerprint density at radius 3 is 3.00 bits per heavy atom. The monoisotopic (exact) mass is 260 g/mol. The lowest BCUT2D eigenvalue weighted by Gasteiger charge is -2.17. The molecule has 1 aromatic heterocycles. The Kier molecular flexibility index (Phi) is 2.64. The molecule has 0 saturated heterocycles. The third-order valence-corrected chi connectivity index (χ3v) is 4.01. The summed E-state index contributed by atoms with van der Waals surface area (Å²) in [6, 6.07) is 6.27. The van der Waals surface area contributed by atoms with Gasteiger partial charge in [0.25, 0.3) is 0 Å². The van der Waals surface area contributed by atoms with Gasteiger partial charge in [-0.25, -0.2) is 4.98 Å². The molecule has 0 radical (unpaired) electrons. The van der Waals surface area contributed by atoms with Crippen molar-refractivity contribution >= 4 is 11.3 Å². The molecule has 18 heavy (non-hydrogen) atoms. The number of fused-ring (bicyclic) bond motifs is 1. The molecule has 3 nitrogen and oxygen atoms in total. The van der Waals surface area contributed by atoms with E-state index in [0.717, 1.165) is 28.4 Å². The summed E-state index contributed by atoms with van der Waals surface area (Å²) < 4.78 is 6.06. The lowest BCUT2D eigenvalue weighted by Crippen LogP contribution is -2.24. The first-order chi connectivity index (χ1) is 8.59. The van der Waals surface area contributed by atoms with Crippen LogP contribution in [-0.4, -0.2) is 10.6 Å². The van der Waals surface area contributed by atoms with Gasteiger partial charge in [0.2, 0.25) is 0 Å². The standard InChI is InChI=1S/C14H16N2OS/c1-14(2)6-9-4-3-5-11(12(9)17-14)13-16-10(7-15)8-18-13/h3-5,8H,6-7,15H2,1-2H3. The molecular formula is C14H16N2OS. The first kappa shape index (κ1) is 11.7. The second-order valence-corrected chi connectivity index (χ2v) is 6.04. The summed E-state index contributed by atoms with van der Waals surface area (Å²) in [6.45, 7) is 4.71. The number of aromatic nitrogens is 1. The smallest absolute Gasteiger partial charge is 0.133 e. The molecule has 0 aliphatic carbocycles. The van der Waals surface area contributed by atoms with Crippen LogP contribution >= 0.6 is 11.3 Å². The van der Waals surface area contributed by atoms with Gasteiger partial charge in [-0.15, -0.1) is 11.3 Å². The number of hydrogen-bond donors (Lipinski definition) is 1. The minimum absolute atomic E-state index is 0.119. The van der Waals surface area contributed by atoms with Crippen molar-refractivity contribution in [3.63, 3.8) is 0 Å². The second kappa shape index (κ2) is 4.07. The van der Waals surface area contributed by atoms with Crippen molar-refractivity contribution in [1.29, 1.82) is 0 Å². The Bertz CT molecular complexity index is 589. The molecular weight excluding hydrogens is 244 g/mol. The summed E-state index contributed by atoms with van der Waals surface area (Å²) in [5, 5.41) is 3.00. The fourth-order valence-corrected chi connectivity index (χ4v) is 3.16. The number of para-hydroxylation sites is 1. The molecule has 1 aliphatic rings. The van der Waals surface area contributed by atoms with E-state index in [1.807, 2.05) is 5.38 Å². The predicted molar refractivity (Wildman–Crippen MR) is 73.9 cm³/mol. The highest BCUT2D eigenvalue weighted by molar-refractivity contribution is 7.13. The van der Waals surface area contributed by atoms with E-state index in [4.69, 9.17) is 10.5 Å². The summed E-state index contributed by atoms with van der Waals surface area (Å²) >= 11 is 1.62. The second-order valence-electron chi connectivity index (χ2n) is 5.18. The first-order valence-corrected chi connectivity index (χ1v) is 6.93. The van der Waals surface area contributed by atoms with E-state index < -0.39 is 0 Å². The summed E-state index contributed by atoms with van der Waals surface area (Å²) in [6.07, 6.45) is 0.950. The van der Waals surface area contributed by atoms with Gasteiger partial charge in [0, 0.05) is 18.3 Å². The zero-order valence-corrected chi connectivity index (χ0v) is 11.4. The Morgan fingerprint density at radius 1 is 1.44 bits per heavy atom. The fourth-order valence-electron chi connectivity index (χ4n) is 2.31. The minimum Gasteiger partial charge on any atom is -0.486 e. The van der Waals surface area contributed by atoms with Crippen LogP contribution in [-0.2, 0) is 13.0 Å². The quantitative estimate of drug-likeness (QED) is 0.903. The zero-order valence-electron chi connectivity index (χ0n) is 10.6. The van der Waals surface area contributed by atoms with Crippen molar-refractivity contribution in [3.05, 3.63) is 34.8 Å². The molecule has 0 atom stereocenters. The zero-order chi connectivity index (χ0) is 12.8. The van der Waals surface area contributed by atoms with E-state index in [9.17, 15) is 0 Å². The van der Waals surface area contributed by atoms with Crippen LogP contribution in [0.25, 0.3) is 10.6 Å². The van der Waals surface area contributed by atoms with E-state index in [2.05, 4.69) is 37.0 Å². The molecule has 0 unspecified atom stereocenters. The van der Waals surface area contributed by atoms with E-state index in [0.29, 0.717) is 6.54 Å². The maximum atomic E-state index is 6.06. The van der Waals surface area contributed by atoms with Crippen molar-refractivity contribution < 1.29 is 4.74 Å². The van der Waals surface area contributed by atoms with Gasteiger partial charge in [-0.1, -0.05) is 12.1 Å². The number of thiazole rings is 1. The molecule has 0 fully saturated rings. The number of ether oxygens (including phenoxy) is 1. The van der Waals surface area contributed by atoms with Crippen LogP contribution in [0.15, 0.2) is 23.6 Å². The molecule has 0 saturated carbocycles. The topological polar surface area (TPSA) is 48.1 Å². The average Bonchev–Trinajstić information content (AvgIpc) is 2.89. The predicted octanol–water partition coefficient (Wildman–Crippen LogP) is 2.98. The van der Waals surface area contributed by atoms with Gasteiger partial charge in [0.1, 0.15) is 16.4 Å². The van der Waals surface area contributed by atoms with Gasteiger partial charge in [0.15, 0.2) is 0 Å². The lowest BCUT2D eigenvalue weighted by atomic mass is 10.0. The van der Waals surface area contributed by atoms with Gasteiger partial charge in [-0.2, -0.15) is 0 Å². The van der Waals surface area contributed by atoms with Crippen LogP contribution in [0.4, 0.5) is 0 Å². The Labute approximate surface area is 111 Å². The highest BCUT2D eigenvalue weighted by Gasteiger charge is 2.32. The van der Waals surface area contributed by atoms with Gasteiger partial charge in [-0.05, 0) is 25.5 Å². The van der Waals surface area contributed by atoms with E-state index in [1.54, 1.807) is 11.3 Å². The van der Waals surface area contributed by atoms with Crippen LogP contribution in [0.1, 0.15) is 25.1 Å². The first-order valence-electron chi connectivity index (χ1n) is 6.05. The van der Waals surface area contributed by atoms with Gasteiger partial charge >= 0.3 is 0 Å². The van der Waals surface area contributed by atoms with Gasteiger partial charge in [-0.3, -0.25) is 0 Å². The summed E-state index contributed by atoms with van der Waals surface area (Å²) in [5.41, 5.74) is 8.78. The van der Waals surface area contributed by atoms with Crippen LogP contribution in [0.3, 0.4) is 0 Å². The van der Waals surface area contributed by atoms with E-state index in [1.165, 1.54) is 5.56 Å². The SMILES string of the molecule is CC1(C)Cc2cccc(-c3nc(CN)cs3)c2O1. The third-order valence-electron chi connectivity index (χ3n) is 3.08. The summed E-state index contributed by atoms with van der Waals surface area (Å²) in [7, 11) is 0. The van der Waals surface area contributed by atoms with Gasteiger partial charge in [0.05, 0.1) is 11.3 Å². The lowest BCUT2D eigenvalue weighted by molar-refractivity contribution is 0.139. The molecule has 2 heterocycles. The van der Waals surface area contributed by atoms with E-state index >= 15 is 0 Å². The maximum Gasteiger partial charge on any atom is 0.133 e. The molecule has 0 amide bonds. The van der Waals surface area contributed by atoms with E-state index in [-0.39, 0.29) is 5.60 Å². The molecule has 0 spiro atoms. The Balaban J connectivity index is 2.07. The van der Waals surface area contributed by atoms with Crippen molar-refractivity contribution in [1.82, 2.24) is 4.98 Å². The Hall–Kier alpha value is -1.39. The van der Waals surface area contributed by atoms with Crippen molar-refractivity contribution in [2.45, 2.75) is 32.4 Å². The molecule has 3 rings (SSSR count). The largest absolute Gasteiger partial charge is 0.486 e. The van der Waals surface area contributed by atoms with Crippen LogP contribution in [0, 0.1) is 0 Å². The minimum atomic E-state index is -0.119. The van der Waals surface area contributed by atoms with Crippen LogP contribution in [0.5, 0.6) is 5.75 Å². The number of nitrogens with zero attached hydrogens (tertiary/aromatic N) is 1. The highest BCUT2D eigenvalue weighted by atomic mass is 32.1. The molecule has 2 aromatic rings. The Morgan fingerprint density at radius 2 is 2.28 bits per heavy atom. The van der Waals surface area contributed by atoms with Crippen LogP contribution < -0.4 is 10.5 Å². The summed E-state index contributed by atoms with van der Waals surface area (Å²) in [4.78, 5) is 4.54. The van der Waals surface area contributed by atoms with Gasteiger partial charge < -0.3 is 10.5 Å². The fraction of sp³-hybridized carbons (Fsp3) is 0.357. The maximum absolute atomic E-state index is 6.06.